The number of likely N-dealkylation sites (N-methyl/N-ethyl adjacent to an activating group) is 1. The van der Waals surface area contributed by atoms with Gasteiger partial charge in [0.25, 0.3) is 5.91 Å². The Kier molecular flexibility index (Phi) is 4.78. The molecule has 1 heterocycles. The lowest BCUT2D eigenvalue weighted by atomic mass is 10.3. The van der Waals surface area contributed by atoms with Crippen LogP contribution >= 0.6 is 11.3 Å². The summed E-state index contributed by atoms with van der Waals surface area (Å²) in [6.07, 6.45) is -0.348. The molecule has 0 unspecified atom stereocenters. The Labute approximate surface area is 94.7 Å². The first-order valence-electron chi connectivity index (χ1n) is 5.02. The molecule has 1 amide bonds. The van der Waals surface area contributed by atoms with Gasteiger partial charge in [0.05, 0.1) is 0 Å². The van der Waals surface area contributed by atoms with Gasteiger partial charge in [-0.3, -0.25) is 4.79 Å². The van der Waals surface area contributed by atoms with E-state index in [9.17, 15) is 4.79 Å². The van der Waals surface area contributed by atoms with Crippen LogP contribution in [0.4, 0.5) is 0 Å². The standard InChI is InChI=1S/C11H17NO2S/c1-4-14-9(2)11(13)12(3)7-10-5-6-15-8-10/h5-6,8-9H,4,7H2,1-3H3/t9-/m1/s1. The molecule has 0 aliphatic rings. The van der Waals surface area contributed by atoms with E-state index in [4.69, 9.17) is 4.74 Å². The molecular formula is C11H17NO2S. The zero-order chi connectivity index (χ0) is 11.3. The lowest BCUT2D eigenvalue weighted by Crippen LogP contribution is -2.35. The van der Waals surface area contributed by atoms with Crippen molar-refractivity contribution in [3.63, 3.8) is 0 Å². The van der Waals surface area contributed by atoms with Crippen LogP contribution in [0.25, 0.3) is 0 Å². The first kappa shape index (κ1) is 12.2. The lowest BCUT2D eigenvalue weighted by Gasteiger charge is -2.20. The molecule has 1 rings (SSSR count). The van der Waals surface area contributed by atoms with Crippen LogP contribution in [0.15, 0.2) is 16.8 Å². The summed E-state index contributed by atoms with van der Waals surface area (Å²) in [7, 11) is 1.80. The summed E-state index contributed by atoms with van der Waals surface area (Å²) < 4.78 is 5.26. The minimum Gasteiger partial charge on any atom is -0.369 e. The van der Waals surface area contributed by atoms with Gasteiger partial charge in [-0.15, -0.1) is 0 Å². The molecule has 0 saturated carbocycles. The molecular weight excluding hydrogens is 210 g/mol. The van der Waals surface area contributed by atoms with Crippen molar-refractivity contribution in [3.05, 3.63) is 22.4 Å². The molecule has 1 aromatic rings. The van der Waals surface area contributed by atoms with Crippen LogP contribution in [0.1, 0.15) is 19.4 Å². The van der Waals surface area contributed by atoms with Crippen molar-refractivity contribution in [1.29, 1.82) is 0 Å². The first-order chi connectivity index (χ1) is 7.15. The summed E-state index contributed by atoms with van der Waals surface area (Å²) in [6, 6.07) is 2.03. The summed E-state index contributed by atoms with van der Waals surface area (Å²) in [5.41, 5.74) is 1.17. The van der Waals surface area contributed by atoms with E-state index in [0.717, 1.165) is 0 Å². The monoisotopic (exact) mass is 227 g/mol. The highest BCUT2D eigenvalue weighted by Gasteiger charge is 2.17. The van der Waals surface area contributed by atoms with E-state index in [1.807, 2.05) is 18.4 Å². The SMILES string of the molecule is CCO[C@H](C)C(=O)N(C)Cc1ccsc1. The number of hydrogen-bond donors (Lipinski definition) is 0. The average Bonchev–Trinajstić information content (AvgIpc) is 2.69. The van der Waals surface area contributed by atoms with Crippen molar-refractivity contribution in [2.75, 3.05) is 13.7 Å². The molecule has 1 atom stereocenters. The maximum Gasteiger partial charge on any atom is 0.251 e. The summed E-state index contributed by atoms with van der Waals surface area (Å²) in [5.74, 6) is 0.0306. The molecule has 0 radical (unpaired) electrons. The zero-order valence-electron chi connectivity index (χ0n) is 9.40. The third-order valence-corrected chi connectivity index (χ3v) is 2.87. The Morgan fingerprint density at radius 1 is 1.67 bits per heavy atom. The fourth-order valence-corrected chi connectivity index (χ4v) is 2.03. The minimum absolute atomic E-state index is 0.0306. The second kappa shape index (κ2) is 5.88. The summed E-state index contributed by atoms with van der Waals surface area (Å²) in [6.45, 7) is 4.90. The zero-order valence-corrected chi connectivity index (χ0v) is 10.2. The summed E-state index contributed by atoms with van der Waals surface area (Å²) >= 11 is 1.64. The molecule has 15 heavy (non-hydrogen) atoms. The fourth-order valence-electron chi connectivity index (χ4n) is 1.37. The van der Waals surface area contributed by atoms with Crippen LogP contribution < -0.4 is 0 Å². The Hall–Kier alpha value is -0.870. The minimum atomic E-state index is -0.348. The van der Waals surface area contributed by atoms with E-state index in [1.165, 1.54) is 5.56 Å². The van der Waals surface area contributed by atoms with Crippen LogP contribution in [0.2, 0.25) is 0 Å². The lowest BCUT2D eigenvalue weighted by molar-refractivity contribution is -0.141. The maximum absolute atomic E-state index is 11.8. The van der Waals surface area contributed by atoms with Crippen molar-refractivity contribution >= 4 is 17.2 Å². The number of carbonyl (C=O) groups excluding carboxylic acids is 1. The van der Waals surface area contributed by atoms with Crippen molar-refractivity contribution < 1.29 is 9.53 Å². The highest BCUT2D eigenvalue weighted by molar-refractivity contribution is 7.07. The van der Waals surface area contributed by atoms with Crippen molar-refractivity contribution in [1.82, 2.24) is 4.90 Å². The van der Waals surface area contributed by atoms with Gasteiger partial charge in [0.15, 0.2) is 0 Å². The maximum atomic E-state index is 11.8. The highest BCUT2D eigenvalue weighted by Crippen LogP contribution is 2.09. The number of hydrogen-bond acceptors (Lipinski definition) is 3. The number of ether oxygens (including phenoxy) is 1. The number of nitrogens with zero attached hydrogens (tertiary/aromatic N) is 1. The number of amides is 1. The van der Waals surface area contributed by atoms with E-state index in [-0.39, 0.29) is 12.0 Å². The van der Waals surface area contributed by atoms with E-state index in [1.54, 1.807) is 30.2 Å². The molecule has 0 N–H and O–H groups in total. The number of thiophene rings is 1. The molecule has 0 aliphatic heterocycles. The number of carbonyl (C=O) groups is 1. The third kappa shape index (κ3) is 3.64. The topological polar surface area (TPSA) is 29.5 Å². The predicted molar refractivity (Wildman–Crippen MR) is 61.9 cm³/mol. The van der Waals surface area contributed by atoms with E-state index < -0.39 is 0 Å². The second-order valence-corrected chi connectivity index (χ2v) is 4.20. The molecule has 0 bridgehead atoms. The molecule has 0 fully saturated rings. The van der Waals surface area contributed by atoms with Gasteiger partial charge in [0.1, 0.15) is 6.10 Å². The molecule has 0 spiro atoms. The van der Waals surface area contributed by atoms with Gasteiger partial charge in [-0.1, -0.05) is 0 Å². The van der Waals surface area contributed by atoms with Crippen molar-refractivity contribution in [3.8, 4) is 0 Å². The van der Waals surface area contributed by atoms with Crippen LogP contribution in [-0.4, -0.2) is 30.6 Å². The summed E-state index contributed by atoms with van der Waals surface area (Å²) in [5, 5.41) is 4.06. The normalized spacial score (nSPS) is 12.5. The van der Waals surface area contributed by atoms with Gasteiger partial charge in [0.2, 0.25) is 0 Å². The van der Waals surface area contributed by atoms with E-state index in [0.29, 0.717) is 13.2 Å². The van der Waals surface area contributed by atoms with Gasteiger partial charge in [-0.2, -0.15) is 11.3 Å². The Bertz CT molecular complexity index is 298. The fraction of sp³-hybridized carbons (Fsp3) is 0.545. The summed E-state index contributed by atoms with van der Waals surface area (Å²) in [4.78, 5) is 13.5. The van der Waals surface area contributed by atoms with Crippen LogP contribution in [0, 0.1) is 0 Å². The smallest absolute Gasteiger partial charge is 0.251 e. The Morgan fingerprint density at radius 3 is 2.93 bits per heavy atom. The Morgan fingerprint density at radius 2 is 2.40 bits per heavy atom. The van der Waals surface area contributed by atoms with Gasteiger partial charge in [-0.25, -0.2) is 0 Å². The highest BCUT2D eigenvalue weighted by atomic mass is 32.1. The largest absolute Gasteiger partial charge is 0.369 e. The predicted octanol–water partition coefficient (Wildman–Crippen LogP) is 2.13. The van der Waals surface area contributed by atoms with Gasteiger partial charge >= 0.3 is 0 Å². The number of rotatable bonds is 5. The first-order valence-corrected chi connectivity index (χ1v) is 5.97. The van der Waals surface area contributed by atoms with Crippen molar-refractivity contribution in [2.45, 2.75) is 26.5 Å². The van der Waals surface area contributed by atoms with Crippen LogP contribution in [0.3, 0.4) is 0 Å². The average molecular weight is 227 g/mol. The van der Waals surface area contributed by atoms with Crippen LogP contribution in [0.5, 0.6) is 0 Å². The van der Waals surface area contributed by atoms with Crippen molar-refractivity contribution in [2.24, 2.45) is 0 Å². The third-order valence-electron chi connectivity index (χ3n) is 2.14. The molecule has 0 aromatic carbocycles. The quantitative estimate of drug-likeness (QED) is 0.771. The van der Waals surface area contributed by atoms with E-state index >= 15 is 0 Å². The molecule has 3 nitrogen and oxygen atoms in total. The molecule has 1 aromatic heterocycles. The Balaban J connectivity index is 2.46. The van der Waals surface area contributed by atoms with Crippen LogP contribution in [-0.2, 0) is 16.1 Å². The van der Waals surface area contributed by atoms with Gasteiger partial charge < -0.3 is 9.64 Å². The van der Waals surface area contributed by atoms with Gasteiger partial charge in [-0.05, 0) is 36.2 Å². The van der Waals surface area contributed by atoms with E-state index in [2.05, 4.69) is 5.38 Å². The molecule has 84 valence electrons. The molecule has 4 heteroatoms. The van der Waals surface area contributed by atoms with Gasteiger partial charge in [0, 0.05) is 20.2 Å². The molecule has 0 aliphatic carbocycles. The molecule has 0 saturated heterocycles. The second-order valence-electron chi connectivity index (χ2n) is 3.42.